The van der Waals surface area contributed by atoms with Gasteiger partial charge in [0.15, 0.2) is 0 Å². The molecule has 0 bridgehead atoms. The predicted octanol–water partition coefficient (Wildman–Crippen LogP) is 3.54. The number of unbranched alkanes of at least 4 members (excludes halogenated alkanes) is 3. The highest BCUT2D eigenvalue weighted by atomic mass is 35.5. The molecule has 1 saturated heterocycles. The van der Waals surface area contributed by atoms with Crippen LogP contribution in [-0.4, -0.2) is 36.7 Å². The third-order valence-electron chi connectivity index (χ3n) is 4.76. The summed E-state index contributed by atoms with van der Waals surface area (Å²) in [4.78, 5) is 23.4. The van der Waals surface area contributed by atoms with E-state index in [0.29, 0.717) is 44.0 Å². The zero-order chi connectivity index (χ0) is 18.1. The van der Waals surface area contributed by atoms with E-state index >= 15 is 0 Å². The van der Waals surface area contributed by atoms with Gasteiger partial charge in [0, 0.05) is 31.2 Å². The SMILES string of the molecule is O=C(O)CCCCCCNC(=O)C1(c2cccc(Cl)c2)CCOCC1. The van der Waals surface area contributed by atoms with E-state index < -0.39 is 11.4 Å². The molecule has 2 N–H and O–H groups in total. The number of carboxylic acid groups (broad SMARTS) is 1. The summed E-state index contributed by atoms with van der Waals surface area (Å²) in [6, 6.07) is 7.53. The van der Waals surface area contributed by atoms with Gasteiger partial charge in [-0.05, 0) is 43.4 Å². The van der Waals surface area contributed by atoms with E-state index in [9.17, 15) is 9.59 Å². The maximum absolute atomic E-state index is 12.9. The maximum atomic E-state index is 12.9. The van der Waals surface area contributed by atoms with Gasteiger partial charge in [-0.1, -0.05) is 36.6 Å². The molecule has 25 heavy (non-hydrogen) atoms. The molecule has 0 unspecified atom stereocenters. The average molecular weight is 368 g/mol. The molecule has 1 amide bonds. The van der Waals surface area contributed by atoms with Gasteiger partial charge < -0.3 is 15.2 Å². The molecule has 0 aromatic heterocycles. The van der Waals surface area contributed by atoms with Gasteiger partial charge in [-0.25, -0.2) is 0 Å². The number of carbonyl (C=O) groups is 2. The second-order valence-corrected chi connectivity index (χ2v) is 6.96. The van der Waals surface area contributed by atoms with Gasteiger partial charge in [-0.15, -0.1) is 0 Å². The summed E-state index contributed by atoms with van der Waals surface area (Å²) in [6.07, 6.45) is 4.84. The molecular formula is C19H26ClNO4. The van der Waals surface area contributed by atoms with Crippen LogP contribution in [0.3, 0.4) is 0 Å². The normalized spacial score (nSPS) is 16.4. The minimum atomic E-state index is -0.753. The van der Waals surface area contributed by atoms with E-state index in [1.165, 1.54) is 0 Å². The Kier molecular flexibility index (Phi) is 7.72. The van der Waals surface area contributed by atoms with Crippen LogP contribution < -0.4 is 5.32 Å². The smallest absolute Gasteiger partial charge is 0.303 e. The van der Waals surface area contributed by atoms with Crippen molar-refractivity contribution in [3.05, 3.63) is 34.9 Å². The Balaban J connectivity index is 1.88. The van der Waals surface area contributed by atoms with Gasteiger partial charge in [0.2, 0.25) is 5.91 Å². The van der Waals surface area contributed by atoms with Crippen molar-refractivity contribution in [1.82, 2.24) is 5.32 Å². The van der Waals surface area contributed by atoms with E-state index in [1.807, 2.05) is 24.3 Å². The number of amides is 1. The molecule has 0 atom stereocenters. The summed E-state index contributed by atoms with van der Waals surface area (Å²) < 4.78 is 5.45. The Morgan fingerprint density at radius 3 is 2.56 bits per heavy atom. The molecule has 1 aliphatic rings. The van der Waals surface area contributed by atoms with Crippen LogP contribution in [0.25, 0.3) is 0 Å². The molecule has 1 aromatic rings. The first kappa shape index (κ1) is 19.7. The molecule has 1 aromatic carbocycles. The minimum Gasteiger partial charge on any atom is -0.481 e. The first-order chi connectivity index (χ1) is 12.0. The van der Waals surface area contributed by atoms with Crippen LogP contribution in [0.1, 0.15) is 50.5 Å². The second kappa shape index (κ2) is 9.78. The van der Waals surface area contributed by atoms with Gasteiger partial charge in [-0.2, -0.15) is 0 Å². The summed E-state index contributed by atoms with van der Waals surface area (Å²) in [5, 5.41) is 12.3. The van der Waals surface area contributed by atoms with E-state index in [0.717, 1.165) is 24.8 Å². The number of carboxylic acids is 1. The van der Waals surface area contributed by atoms with Gasteiger partial charge in [0.1, 0.15) is 0 Å². The Morgan fingerprint density at radius 2 is 1.88 bits per heavy atom. The van der Waals surface area contributed by atoms with E-state index in [-0.39, 0.29) is 12.3 Å². The Morgan fingerprint density at radius 1 is 1.16 bits per heavy atom. The van der Waals surface area contributed by atoms with Crippen molar-refractivity contribution in [3.63, 3.8) is 0 Å². The van der Waals surface area contributed by atoms with E-state index in [2.05, 4.69) is 5.32 Å². The zero-order valence-electron chi connectivity index (χ0n) is 14.4. The molecule has 5 nitrogen and oxygen atoms in total. The number of benzene rings is 1. The minimum absolute atomic E-state index is 0.0311. The van der Waals surface area contributed by atoms with Crippen LogP contribution in [0.2, 0.25) is 5.02 Å². The van der Waals surface area contributed by atoms with Crippen LogP contribution in [0.4, 0.5) is 0 Å². The lowest BCUT2D eigenvalue weighted by atomic mass is 9.73. The number of halogens is 1. The number of nitrogens with one attached hydrogen (secondary N) is 1. The molecule has 0 aliphatic carbocycles. The number of hydrogen-bond donors (Lipinski definition) is 2. The van der Waals surface area contributed by atoms with Crippen LogP contribution in [0.5, 0.6) is 0 Å². The third-order valence-corrected chi connectivity index (χ3v) is 5.00. The first-order valence-electron chi connectivity index (χ1n) is 8.88. The Hall–Kier alpha value is -1.59. The number of aliphatic carboxylic acids is 1. The lowest BCUT2D eigenvalue weighted by Gasteiger charge is -2.36. The fourth-order valence-corrected chi connectivity index (χ4v) is 3.47. The summed E-state index contributed by atoms with van der Waals surface area (Å²) in [7, 11) is 0. The van der Waals surface area contributed by atoms with Crippen LogP contribution in [0, 0.1) is 0 Å². The van der Waals surface area contributed by atoms with Gasteiger partial charge in [0.05, 0.1) is 5.41 Å². The van der Waals surface area contributed by atoms with Crippen LogP contribution in [0.15, 0.2) is 24.3 Å². The van der Waals surface area contributed by atoms with E-state index in [4.69, 9.17) is 21.4 Å². The van der Waals surface area contributed by atoms with Crippen molar-refractivity contribution >= 4 is 23.5 Å². The van der Waals surface area contributed by atoms with Gasteiger partial charge in [-0.3, -0.25) is 9.59 Å². The van der Waals surface area contributed by atoms with Crippen molar-refractivity contribution in [1.29, 1.82) is 0 Å². The molecule has 1 heterocycles. The van der Waals surface area contributed by atoms with Crippen molar-refractivity contribution in [3.8, 4) is 0 Å². The molecule has 6 heteroatoms. The molecule has 1 fully saturated rings. The standard InChI is InChI=1S/C19H26ClNO4/c20-16-7-5-6-15(14-16)19(9-12-25-13-10-19)18(24)21-11-4-2-1-3-8-17(22)23/h5-7,14H,1-4,8-13H2,(H,21,24)(H,22,23). The zero-order valence-corrected chi connectivity index (χ0v) is 15.2. The van der Waals surface area contributed by atoms with Crippen LogP contribution in [-0.2, 0) is 19.7 Å². The predicted molar refractivity (Wildman–Crippen MR) is 96.9 cm³/mol. The fourth-order valence-electron chi connectivity index (χ4n) is 3.28. The molecule has 138 valence electrons. The highest BCUT2D eigenvalue weighted by Gasteiger charge is 2.41. The van der Waals surface area contributed by atoms with E-state index in [1.54, 1.807) is 0 Å². The lowest BCUT2D eigenvalue weighted by Crippen LogP contribution is -2.48. The maximum Gasteiger partial charge on any atom is 0.303 e. The monoisotopic (exact) mass is 367 g/mol. The quantitative estimate of drug-likeness (QED) is 0.654. The molecule has 0 spiro atoms. The second-order valence-electron chi connectivity index (χ2n) is 6.52. The number of rotatable bonds is 9. The van der Waals surface area contributed by atoms with Crippen molar-refractivity contribution in [2.45, 2.75) is 50.4 Å². The molecule has 0 saturated carbocycles. The summed E-state index contributed by atoms with van der Waals surface area (Å²) >= 11 is 6.12. The largest absolute Gasteiger partial charge is 0.481 e. The first-order valence-corrected chi connectivity index (χ1v) is 9.26. The van der Waals surface area contributed by atoms with Crippen molar-refractivity contribution < 1.29 is 19.4 Å². The topological polar surface area (TPSA) is 75.6 Å². The number of ether oxygens (including phenoxy) is 1. The molecule has 2 rings (SSSR count). The molecular weight excluding hydrogens is 342 g/mol. The Labute approximate surface area is 153 Å². The highest BCUT2D eigenvalue weighted by molar-refractivity contribution is 6.30. The number of hydrogen-bond acceptors (Lipinski definition) is 3. The molecule has 1 aliphatic heterocycles. The highest BCUT2D eigenvalue weighted by Crippen LogP contribution is 2.36. The molecule has 0 radical (unpaired) electrons. The van der Waals surface area contributed by atoms with Crippen molar-refractivity contribution in [2.24, 2.45) is 0 Å². The van der Waals surface area contributed by atoms with Crippen molar-refractivity contribution in [2.75, 3.05) is 19.8 Å². The summed E-state index contributed by atoms with van der Waals surface area (Å²) in [5.74, 6) is -0.722. The Bertz CT molecular complexity index is 585. The number of carbonyl (C=O) groups excluding carboxylic acids is 1. The lowest BCUT2D eigenvalue weighted by molar-refractivity contribution is -0.137. The van der Waals surface area contributed by atoms with Gasteiger partial charge in [0.25, 0.3) is 0 Å². The fraction of sp³-hybridized carbons (Fsp3) is 0.579. The summed E-state index contributed by atoms with van der Waals surface area (Å²) in [5.41, 5.74) is 0.370. The summed E-state index contributed by atoms with van der Waals surface area (Å²) in [6.45, 7) is 1.74. The average Bonchev–Trinajstić information content (AvgIpc) is 2.61. The van der Waals surface area contributed by atoms with Crippen LogP contribution >= 0.6 is 11.6 Å². The van der Waals surface area contributed by atoms with Gasteiger partial charge >= 0.3 is 5.97 Å². The third kappa shape index (κ3) is 5.72.